The van der Waals surface area contributed by atoms with Gasteiger partial charge in [0.15, 0.2) is 0 Å². The van der Waals surface area contributed by atoms with Crippen LogP contribution >= 0.6 is 11.8 Å². The summed E-state index contributed by atoms with van der Waals surface area (Å²) in [5.41, 5.74) is 5.65. The van der Waals surface area contributed by atoms with E-state index in [0.717, 1.165) is 38.1 Å². The molecule has 0 bridgehead atoms. The van der Waals surface area contributed by atoms with Crippen molar-refractivity contribution in [1.29, 1.82) is 0 Å². The Morgan fingerprint density at radius 2 is 2.27 bits per heavy atom. The Bertz CT molecular complexity index is 191. The van der Waals surface area contributed by atoms with Crippen LogP contribution in [-0.2, 0) is 4.79 Å². The molecule has 15 heavy (non-hydrogen) atoms. The van der Waals surface area contributed by atoms with Gasteiger partial charge < -0.3 is 10.6 Å². The lowest BCUT2D eigenvalue weighted by atomic mass is 10.0. The van der Waals surface area contributed by atoms with Gasteiger partial charge in [-0.15, -0.1) is 0 Å². The van der Waals surface area contributed by atoms with Crippen molar-refractivity contribution in [3.8, 4) is 0 Å². The summed E-state index contributed by atoms with van der Waals surface area (Å²) >= 11 is 1.94. The summed E-state index contributed by atoms with van der Waals surface area (Å²) in [6.07, 6.45) is 3.09. The fraction of sp³-hybridized carbons (Fsp3) is 0.909. The van der Waals surface area contributed by atoms with Crippen molar-refractivity contribution in [3.05, 3.63) is 0 Å². The van der Waals surface area contributed by atoms with Crippen molar-refractivity contribution >= 4 is 17.7 Å². The maximum atomic E-state index is 12.1. The van der Waals surface area contributed by atoms with Crippen LogP contribution in [0.3, 0.4) is 0 Å². The number of thioether (sulfide) groups is 1. The molecule has 1 heterocycles. The maximum Gasteiger partial charge on any atom is 0.226 e. The third-order valence-corrected chi connectivity index (χ3v) is 3.85. The average Bonchev–Trinajstić information content (AvgIpc) is 2.53. The normalized spacial score (nSPS) is 19.7. The fourth-order valence-corrected chi connectivity index (χ4v) is 2.80. The van der Waals surface area contributed by atoms with E-state index in [4.69, 9.17) is 5.73 Å². The largest absolute Gasteiger partial charge is 0.342 e. The SMILES string of the molecule is CCCC(CN)C(=O)N1CCCSCC1. The number of amides is 1. The predicted octanol–water partition coefficient (Wildman–Crippen LogP) is 1.33. The zero-order valence-corrected chi connectivity index (χ0v) is 10.4. The number of carbonyl (C=O) groups excluding carboxylic acids is 1. The molecule has 0 radical (unpaired) electrons. The molecule has 1 rings (SSSR count). The van der Waals surface area contributed by atoms with E-state index in [9.17, 15) is 4.79 Å². The van der Waals surface area contributed by atoms with Gasteiger partial charge in [-0.1, -0.05) is 13.3 Å². The van der Waals surface area contributed by atoms with Gasteiger partial charge in [-0.3, -0.25) is 4.79 Å². The molecule has 1 atom stereocenters. The second-order valence-corrected chi connectivity index (χ2v) is 5.24. The van der Waals surface area contributed by atoms with Crippen LogP contribution in [0.25, 0.3) is 0 Å². The molecule has 0 saturated carbocycles. The minimum atomic E-state index is 0.0538. The minimum Gasteiger partial charge on any atom is -0.342 e. The first kappa shape index (κ1) is 12.8. The molecule has 0 aromatic carbocycles. The van der Waals surface area contributed by atoms with Crippen LogP contribution in [0.2, 0.25) is 0 Å². The van der Waals surface area contributed by atoms with E-state index < -0.39 is 0 Å². The second-order valence-electron chi connectivity index (χ2n) is 4.01. The quantitative estimate of drug-likeness (QED) is 0.792. The van der Waals surface area contributed by atoms with Crippen LogP contribution in [0, 0.1) is 5.92 Å². The first-order valence-electron chi connectivity index (χ1n) is 5.86. The van der Waals surface area contributed by atoms with Crippen molar-refractivity contribution in [3.63, 3.8) is 0 Å². The summed E-state index contributed by atoms with van der Waals surface area (Å²) < 4.78 is 0. The number of hydrogen-bond acceptors (Lipinski definition) is 3. The van der Waals surface area contributed by atoms with Crippen LogP contribution in [0.15, 0.2) is 0 Å². The summed E-state index contributed by atoms with van der Waals surface area (Å²) in [5.74, 6) is 2.60. The predicted molar refractivity (Wildman–Crippen MR) is 66.0 cm³/mol. The molecule has 1 aliphatic rings. The molecule has 0 aliphatic carbocycles. The van der Waals surface area contributed by atoms with Gasteiger partial charge in [0, 0.05) is 25.4 Å². The van der Waals surface area contributed by atoms with Gasteiger partial charge in [0.2, 0.25) is 5.91 Å². The first-order chi connectivity index (χ1) is 7.29. The van der Waals surface area contributed by atoms with Gasteiger partial charge in [-0.2, -0.15) is 11.8 Å². The molecule has 0 spiro atoms. The third-order valence-electron chi connectivity index (χ3n) is 2.80. The van der Waals surface area contributed by atoms with E-state index in [-0.39, 0.29) is 11.8 Å². The third kappa shape index (κ3) is 4.03. The maximum absolute atomic E-state index is 12.1. The highest BCUT2D eigenvalue weighted by Crippen LogP contribution is 2.14. The summed E-state index contributed by atoms with van der Waals surface area (Å²) in [5, 5.41) is 0. The van der Waals surface area contributed by atoms with Gasteiger partial charge in [-0.25, -0.2) is 0 Å². The highest BCUT2D eigenvalue weighted by molar-refractivity contribution is 7.99. The lowest BCUT2D eigenvalue weighted by Gasteiger charge is -2.24. The van der Waals surface area contributed by atoms with Gasteiger partial charge in [-0.05, 0) is 18.6 Å². The van der Waals surface area contributed by atoms with Crippen LogP contribution < -0.4 is 5.73 Å². The standard InChI is InChI=1S/C11H22N2OS/c1-2-4-10(9-12)11(14)13-5-3-7-15-8-6-13/h10H,2-9,12H2,1H3. The van der Waals surface area contributed by atoms with Crippen molar-refractivity contribution in [2.75, 3.05) is 31.1 Å². The van der Waals surface area contributed by atoms with Crippen molar-refractivity contribution in [2.24, 2.45) is 11.7 Å². The topological polar surface area (TPSA) is 46.3 Å². The Kier molecular flexibility index (Phi) is 6.10. The van der Waals surface area contributed by atoms with E-state index in [0.29, 0.717) is 6.54 Å². The van der Waals surface area contributed by atoms with Gasteiger partial charge >= 0.3 is 0 Å². The van der Waals surface area contributed by atoms with Crippen molar-refractivity contribution in [2.45, 2.75) is 26.2 Å². The molecular weight excluding hydrogens is 208 g/mol. The smallest absolute Gasteiger partial charge is 0.226 e. The number of hydrogen-bond donors (Lipinski definition) is 1. The van der Waals surface area contributed by atoms with E-state index in [1.807, 2.05) is 16.7 Å². The zero-order chi connectivity index (χ0) is 11.1. The molecular formula is C11H22N2OS. The molecule has 1 saturated heterocycles. The molecule has 1 aliphatic heterocycles. The van der Waals surface area contributed by atoms with Crippen molar-refractivity contribution in [1.82, 2.24) is 4.90 Å². The molecule has 0 aromatic rings. The van der Waals surface area contributed by atoms with Gasteiger partial charge in [0.1, 0.15) is 0 Å². The Balaban J connectivity index is 2.47. The van der Waals surface area contributed by atoms with E-state index in [2.05, 4.69) is 6.92 Å². The molecule has 88 valence electrons. The number of nitrogens with zero attached hydrogens (tertiary/aromatic N) is 1. The number of rotatable bonds is 4. The molecule has 1 fully saturated rings. The van der Waals surface area contributed by atoms with Crippen LogP contribution in [0.5, 0.6) is 0 Å². The lowest BCUT2D eigenvalue weighted by molar-refractivity contribution is -0.135. The Labute approximate surface area is 96.8 Å². The summed E-state index contributed by atoms with van der Waals surface area (Å²) in [7, 11) is 0. The average molecular weight is 230 g/mol. The Hall–Kier alpha value is -0.220. The molecule has 1 unspecified atom stereocenters. The summed E-state index contributed by atoms with van der Waals surface area (Å²) in [4.78, 5) is 14.1. The monoisotopic (exact) mass is 230 g/mol. The highest BCUT2D eigenvalue weighted by Gasteiger charge is 2.22. The van der Waals surface area contributed by atoms with Gasteiger partial charge in [0.25, 0.3) is 0 Å². The van der Waals surface area contributed by atoms with E-state index in [1.54, 1.807) is 0 Å². The first-order valence-corrected chi connectivity index (χ1v) is 7.01. The summed E-state index contributed by atoms with van der Waals surface area (Å²) in [6, 6.07) is 0. The van der Waals surface area contributed by atoms with Crippen molar-refractivity contribution < 1.29 is 4.79 Å². The number of nitrogens with two attached hydrogens (primary N) is 1. The minimum absolute atomic E-state index is 0.0538. The molecule has 3 nitrogen and oxygen atoms in total. The molecule has 1 amide bonds. The Morgan fingerprint density at radius 1 is 1.47 bits per heavy atom. The zero-order valence-electron chi connectivity index (χ0n) is 9.58. The molecule has 0 aromatic heterocycles. The highest BCUT2D eigenvalue weighted by atomic mass is 32.2. The van der Waals surface area contributed by atoms with Crippen LogP contribution in [-0.4, -0.2) is 41.9 Å². The second kappa shape index (κ2) is 7.12. The van der Waals surface area contributed by atoms with E-state index in [1.165, 1.54) is 5.75 Å². The number of carbonyl (C=O) groups is 1. The van der Waals surface area contributed by atoms with Gasteiger partial charge in [0.05, 0.1) is 5.92 Å². The summed E-state index contributed by atoms with van der Waals surface area (Å²) in [6.45, 7) is 4.43. The molecule has 2 N–H and O–H groups in total. The Morgan fingerprint density at radius 3 is 2.93 bits per heavy atom. The lowest BCUT2D eigenvalue weighted by Crippen LogP contribution is -2.40. The molecule has 4 heteroatoms. The van der Waals surface area contributed by atoms with Crippen LogP contribution in [0.1, 0.15) is 26.2 Å². The fourth-order valence-electron chi connectivity index (χ4n) is 1.92. The van der Waals surface area contributed by atoms with Crippen LogP contribution in [0.4, 0.5) is 0 Å². The van der Waals surface area contributed by atoms with E-state index >= 15 is 0 Å².